The van der Waals surface area contributed by atoms with Gasteiger partial charge in [0.1, 0.15) is 5.75 Å². The minimum absolute atomic E-state index is 0.341. The van der Waals surface area contributed by atoms with Crippen molar-refractivity contribution in [1.29, 1.82) is 0 Å². The Balaban J connectivity index is 2.60. The van der Waals surface area contributed by atoms with Crippen LogP contribution in [0.3, 0.4) is 0 Å². The Morgan fingerprint density at radius 2 is 2.07 bits per heavy atom. The summed E-state index contributed by atoms with van der Waals surface area (Å²) in [5.41, 5.74) is 6.05. The second kappa shape index (κ2) is 4.62. The van der Waals surface area contributed by atoms with Crippen LogP contribution in [0.4, 0.5) is 5.69 Å². The molecule has 0 heterocycles. The molecule has 0 spiro atoms. The van der Waals surface area contributed by atoms with Gasteiger partial charge in [0.2, 0.25) is 0 Å². The number of anilines is 1. The Morgan fingerprint density at radius 1 is 1.50 bits per heavy atom. The number of aliphatic hydroxyl groups is 1. The average Bonchev–Trinajstić information content (AvgIpc) is 2.20. The molecule has 0 radical (unpaired) electrons. The van der Waals surface area contributed by atoms with Gasteiger partial charge in [0.15, 0.2) is 6.10 Å². The number of rotatable bonds is 3. The molecule has 1 rings (SSSR count). The summed E-state index contributed by atoms with van der Waals surface area (Å²) >= 11 is 0. The van der Waals surface area contributed by atoms with Crippen molar-refractivity contribution in [2.45, 2.75) is 19.4 Å². The zero-order valence-corrected chi connectivity index (χ0v) is 7.93. The standard InChI is InChI=1S/C10H13NO3/c1-2-9(12)10(13)14-8-5-3-7(11)4-6-8/h3-6,9,12H,2,11H2,1H3. The lowest BCUT2D eigenvalue weighted by molar-refractivity contribution is -0.143. The van der Waals surface area contributed by atoms with Crippen LogP contribution in [0.5, 0.6) is 5.75 Å². The molecule has 1 aromatic rings. The summed E-state index contributed by atoms with van der Waals surface area (Å²) in [6.45, 7) is 1.70. The molecule has 0 aromatic heterocycles. The van der Waals surface area contributed by atoms with E-state index in [9.17, 15) is 4.79 Å². The Hall–Kier alpha value is -1.55. The summed E-state index contributed by atoms with van der Waals surface area (Å²) in [5.74, 6) is -0.256. The Morgan fingerprint density at radius 3 is 2.57 bits per heavy atom. The van der Waals surface area contributed by atoms with E-state index in [1.807, 2.05) is 0 Å². The van der Waals surface area contributed by atoms with Crippen LogP contribution in [0.2, 0.25) is 0 Å². The van der Waals surface area contributed by atoms with Gasteiger partial charge in [0, 0.05) is 5.69 Å². The maximum atomic E-state index is 11.1. The van der Waals surface area contributed by atoms with E-state index < -0.39 is 12.1 Å². The number of hydrogen-bond donors (Lipinski definition) is 2. The summed E-state index contributed by atoms with van der Waals surface area (Å²) in [5, 5.41) is 9.14. The molecule has 3 N–H and O–H groups in total. The third kappa shape index (κ3) is 2.74. The highest BCUT2D eigenvalue weighted by Crippen LogP contribution is 2.13. The molecule has 0 aliphatic rings. The van der Waals surface area contributed by atoms with Gasteiger partial charge in [-0.3, -0.25) is 0 Å². The van der Waals surface area contributed by atoms with Gasteiger partial charge in [-0.2, -0.15) is 0 Å². The molecule has 0 amide bonds. The number of ether oxygens (including phenoxy) is 1. The lowest BCUT2D eigenvalue weighted by Crippen LogP contribution is -2.24. The quantitative estimate of drug-likeness (QED) is 0.428. The van der Waals surface area contributed by atoms with Gasteiger partial charge in [-0.05, 0) is 30.7 Å². The van der Waals surface area contributed by atoms with E-state index in [0.29, 0.717) is 17.9 Å². The van der Waals surface area contributed by atoms with Crippen LogP contribution >= 0.6 is 0 Å². The van der Waals surface area contributed by atoms with E-state index >= 15 is 0 Å². The molecule has 4 heteroatoms. The number of carbonyl (C=O) groups excluding carboxylic acids is 1. The average molecular weight is 195 g/mol. The highest BCUT2D eigenvalue weighted by molar-refractivity contribution is 5.76. The number of benzene rings is 1. The van der Waals surface area contributed by atoms with E-state index in [1.165, 1.54) is 0 Å². The molecule has 0 saturated heterocycles. The molecule has 76 valence electrons. The number of hydrogen-bond acceptors (Lipinski definition) is 4. The first-order valence-corrected chi connectivity index (χ1v) is 4.38. The fourth-order valence-corrected chi connectivity index (χ4v) is 0.887. The van der Waals surface area contributed by atoms with Gasteiger partial charge in [-0.25, -0.2) is 4.79 Å². The maximum Gasteiger partial charge on any atom is 0.340 e. The normalized spacial score (nSPS) is 12.1. The van der Waals surface area contributed by atoms with Crippen molar-refractivity contribution in [2.24, 2.45) is 0 Å². The molecule has 0 aliphatic heterocycles. The van der Waals surface area contributed by atoms with E-state index in [2.05, 4.69) is 0 Å². The van der Waals surface area contributed by atoms with E-state index in [1.54, 1.807) is 31.2 Å². The molecule has 4 nitrogen and oxygen atoms in total. The van der Waals surface area contributed by atoms with Gasteiger partial charge in [0.05, 0.1) is 0 Å². The molecule has 0 saturated carbocycles. The zero-order valence-electron chi connectivity index (χ0n) is 7.93. The second-order valence-electron chi connectivity index (χ2n) is 2.91. The lowest BCUT2D eigenvalue weighted by atomic mass is 10.3. The third-order valence-corrected chi connectivity index (χ3v) is 1.76. The van der Waals surface area contributed by atoms with E-state index in [-0.39, 0.29) is 0 Å². The molecular weight excluding hydrogens is 182 g/mol. The lowest BCUT2D eigenvalue weighted by Gasteiger charge is -2.07. The van der Waals surface area contributed by atoms with E-state index in [0.717, 1.165) is 0 Å². The summed E-state index contributed by atoms with van der Waals surface area (Å²) in [7, 11) is 0. The van der Waals surface area contributed by atoms with Crippen LogP contribution in [0.15, 0.2) is 24.3 Å². The number of nitrogen functional groups attached to an aromatic ring is 1. The number of esters is 1. The zero-order chi connectivity index (χ0) is 10.6. The van der Waals surface area contributed by atoms with Gasteiger partial charge >= 0.3 is 5.97 Å². The van der Waals surface area contributed by atoms with Crippen LogP contribution in [-0.4, -0.2) is 17.2 Å². The predicted octanol–water partition coefficient (Wildman–Crippen LogP) is 0.945. The van der Waals surface area contributed by atoms with Crippen molar-refractivity contribution in [3.63, 3.8) is 0 Å². The molecular formula is C10H13NO3. The first-order valence-electron chi connectivity index (χ1n) is 4.38. The van der Waals surface area contributed by atoms with E-state index in [4.69, 9.17) is 15.6 Å². The SMILES string of the molecule is CCC(O)C(=O)Oc1ccc(N)cc1. The first-order chi connectivity index (χ1) is 6.63. The fourth-order valence-electron chi connectivity index (χ4n) is 0.887. The fraction of sp³-hybridized carbons (Fsp3) is 0.300. The Kier molecular flexibility index (Phi) is 3.48. The molecule has 1 atom stereocenters. The highest BCUT2D eigenvalue weighted by atomic mass is 16.5. The smallest absolute Gasteiger partial charge is 0.340 e. The molecule has 0 aliphatic carbocycles. The largest absolute Gasteiger partial charge is 0.425 e. The van der Waals surface area contributed by atoms with Crippen LogP contribution in [0.25, 0.3) is 0 Å². The minimum atomic E-state index is -1.06. The first kappa shape index (κ1) is 10.5. The second-order valence-corrected chi connectivity index (χ2v) is 2.91. The maximum absolute atomic E-state index is 11.1. The highest BCUT2D eigenvalue weighted by Gasteiger charge is 2.14. The summed E-state index contributed by atoms with van der Waals surface area (Å²) < 4.78 is 4.88. The molecule has 0 fully saturated rings. The monoisotopic (exact) mass is 195 g/mol. The molecule has 14 heavy (non-hydrogen) atoms. The van der Waals surface area contributed by atoms with Gasteiger partial charge in [-0.1, -0.05) is 6.92 Å². The van der Waals surface area contributed by atoms with Crippen LogP contribution in [0.1, 0.15) is 13.3 Å². The molecule has 1 unspecified atom stereocenters. The van der Waals surface area contributed by atoms with Crippen molar-refractivity contribution in [2.75, 3.05) is 5.73 Å². The van der Waals surface area contributed by atoms with Crippen LogP contribution in [0, 0.1) is 0 Å². The van der Waals surface area contributed by atoms with Crippen molar-refractivity contribution in [3.8, 4) is 5.75 Å². The third-order valence-electron chi connectivity index (χ3n) is 1.76. The van der Waals surface area contributed by atoms with Crippen molar-refractivity contribution in [3.05, 3.63) is 24.3 Å². The Labute approximate surface area is 82.3 Å². The Bertz CT molecular complexity index is 308. The van der Waals surface area contributed by atoms with Crippen LogP contribution < -0.4 is 10.5 Å². The van der Waals surface area contributed by atoms with Gasteiger partial charge in [0.25, 0.3) is 0 Å². The van der Waals surface area contributed by atoms with Crippen molar-refractivity contribution in [1.82, 2.24) is 0 Å². The molecule has 0 bridgehead atoms. The van der Waals surface area contributed by atoms with Crippen molar-refractivity contribution < 1.29 is 14.6 Å². The summed E-state index contributed by atoms with van der Waals surface area (Å²) in [6.07, 6.45) is -0.721. The van der Waals surface area contributed by atoms with Gasteiger partial charge in [-0.15, -0.1) is 0 Å². The number of carbonyl (C=O) groups is 1. The van der Waals surface area contributed by atoms with Crippen LogP contribution in [-0.2, 0) is 4.79 Å². The summed E-state index contributed by atoms with van der Waals surface area (Å²) in [4.78, 5) is 11.1. The summed E-state index contributed by atoms with van der Waals surface area (Å²) in [6, 6.07) is 6.41. The number of nitrogens with two attached hydrogens (primary N) is 1. The van der Waals surface area contributed by atoms with Gasteiger partial charge < -0.3 is 15.6 Å². The molecule has 1 aromatic carbocycles. The number of aliphatic hydroxyl groups excluding tert-OH is 1. The topological polar surface area (TPSA) is 72.5 Å². The van der Waals surface area contributed by atoms with Crippen molar-refractivity contribution >= 4 is 11.7 Å². The predicted molar refractivity (Wildman–Crippen MR) is 52.8 cm³/mol. The minimum Gasteiger partial charge on any atom is -0.425 e.